The third-order valence-electron chi connectivity index (χ3n) is 3.24. The van der Waals surface area contributed by atoms with E-state index in [1.165, 1.54) is 12.1 Å². The molecule has 0 spiro atoms. The van der Waals surface area contributed by atoms with Gasteiger partial charge in [-0.15, -0.1) is 0 Å². The smallest absolute Gasteiger partial charge is 0.232 e. The Hall–Kier alpha value is -1.96. The highest BCUT2D eigenvalue weighted by Crippen LogP contribution is 2.22. The van der Waals surface area contributed by atoms with E-state index in [1.807, 2.05) is 0 Å². The summed E-state index contributed by atoms with van der Waals surface area (Å²) in [4.78, 5) is 8.55. The molecule has 1 aromatic heterocycles. The molecule has 1 aromatic carbocycles. The molecule has 0 bridgehead atoms. The zero-order valence-electron chi connectivity index (χ0n) is 12.3. The van der Waals surface area contributed by atoms with E-state index in [2.05, 4.69) is 56.1 Å². The van der Waals surface area contributed by atoms with Gasteiger partial charge < -0.3 is 10.1 Å². The van der Waals surface area contributed by atoms with Crippen LogP contribution in [0.25, 0.3) is 0 Å². The van der Waals surface area contributed by atoms with Gasteiger partial charge in [0, 0.05) is 11.9 Å². The van der Waals surface area contributed by atoms with Crippen LogP contribution in [0.5, 0.6) is 5.88 Å². The number of aromatic nitrogens is 2. The van der Waals surface area contributed by atoms with Crippen molar-refractivity contribution in [2.75, 3.05) is 11.9 Å². The molecule has 0 saturated heterocycles. The van der Waals surface area contributed by atoms with E-state index >= 15 is 0 Å². The summed E-state index contributed by atoms with van der Waals surface area (Å²) in [7, 11) is 0. The highest BCUT2D eigenvalue weighted by molar-refractivity contribution is 14.1. The van der Waals surface area contributed by atoms with Gasteiger partial charge in [0.25, 0.3) is 0 Å². The van der Waals surface area contributed by atoms with E-state index in [-0.39, 0.29) is 5.82 Å². The molecule has 0 saturated carbocycles. The van der Waals surface area contributed by atoms with Gasteiger partial charge in [0.2, 0.25) is 11.8 Å². The normalized spacial score (nSPS) is 13.6. The van der Waals surface area contributed by atoms with E-state index in [1.54, 1.807) is 18.3 Å². The van der Waals surface area contributed by atoms with Crippen molar-refractivity contribution in [1.29, 1.82) is 0 Å². The van der Waals surface area contributed by atoms with Crippen molar-refractivity contribution in [3.05, 3.63) is 63.7 Å². The predicted octanol–water partition coefficient (Wildman–Crippen LogP) is 4.62. The Balaban J connectivity index is 1.71. The minimum Gasteiger partial charge on any atom is -0.472 e. The molecule has 1 N–H and O–H groups in total. The first kappa shape index (κ1) is 15.9. The largest absolute Gasteiger partial charge is 0.472 e. The quantitative estimate of drug-likeness (QED) is 0.714. The molecule has 1 aliphatic carbocycles. The molecular formula is C17H15FIN3O. The Morgan fingerprint density at radius 1 is 1.30 bits per heavy atom. The second-order valence-electron chi connectivity index (χ2n) is 5.03. The number of halogens is 2. The van der Waals surface area contributed by atoms with Crippen LogP contribution in [0.15, 0.2) is 54.3 Å². The second-order valence-corrected chi connectivity index (χ2v) is 6.19. The van der Waals surface area contributed by atoms with E-state index < -0.39 is 0 Å². The Bertz CT molecular complexity index is 761. The number of ether oxygens (including phenoxy) is 1. The van der Waals surface area contributed by atoms with Crippen molar-refractivity contribution in [2.24, 2.45) is 0 Å². The van der Waals surface area contributed by atoms with Crippen LogP contribution in [0, 0.1) is 9.39 Å². The van der Waals surface area contributed by atoms with E-state index in [9.17, 15) is 4.39 Å². The first-order chi connectivity index (χ1) is 11.2. The van der Waals surface area contributed by atoms with E-state index in [4.69, 9.17) is 4.74 Å². The molecule has 3 rings (SSSR count). The second kappa shape index (κ2) is 7.54. The lowest BCUT2D eigenvalue weighted by Crippen LogP contribution is -2.06. The van der Waals surface area contributed by atoms with Crippen molar-refractivity contribution in [2.45, 2.75) is 12.8 Å². The number of nitrogens with one attached hydrogen (secondary N) is 1. The summed E-state index contributed by atoms with van der Waals surface area (Å²) < 4.78 is 19.8. The van der Waals surface area contributed by atoms with Crippen LogP contribution in [0.3, 0.4) is 0 Å². The number of hydrogen-bond donors (Lipinski definition) is 1. The fraction of sp³-hybridized carbons (Fsp3) is 0.176. The summed E-state index contributed by atoms with van der Waals surface area (Å²) in [5, 5.41) is 2.98. The molecule has 0 amide bonds. The molecule has 4 nitrogen and oxygen atoms in total. The van der Waals surface area contributed by atoms with E-state index in [0.29, 0.717) is 24.1 Å². The molecular weight excluding hydrogens is 408 g/mol. The van der Waals surface area contributed by atoms with Gasteiger partial charge in [0.1, 0.15) is 12.4 Å². The van der Waals surface area contributed by atoms with Gasteiger partial charge in [-0.1, -0.05) is 24.3 Å². The van der Waals surface area contributed by atoms with Crippen LogP contribution in [0.4, 0.5) is 16.0 Å². The first-order valence-electron chi connectivity index (χ1n) is 7.24. The average Bonchev–Trinajstić information content (AvgIpc) is 2.56. The zero-order valence-corrected chi connectivity index (χ0v) is 14.5. The lowest BCUT2D eigenvalue weighted by Gasteiger charge is -2.11. The minimum absolute atomic E-state index is 0.312. The van der Waals surface area contributed by atoms with Crippen LogP contribution in [-0.4, -0.2) is 16.6 Å². The summed E-state index contributed by atoms with van der Waals surface area (Å²) in [5.74, 6) is 0.576. The maximum absolute atomic E-state index is 13.2. The Morgan fingerprint density at radius 3 is 3.00 bits per heavy atom. The fourth-order valence-electron chi connectivity index (χ4n) is 2.13. The predicted molar refractivity (Wildman–Crippen MR) is 96.4 cm³/mol. The lowest BCUT2D eigenvalue weighted by molar-refractivity contribution is 0.338. The molecule has 0 atom stereocenters. The van der Waals surface area contributed by atoms with Crippen molar-refractivity contribution < 1.29 is 9.13 Å². The third kappa shape index (κ3) is 4.51. The fourth-order valence-corrected chi connectivity index (χ4v) is 2.55. The number of rotatable bonds is 5. The van der Waals surface area contributed by atoms with Crippen molar-refractivity contribution >= 4 is 34.2 Å². The molecule has 0 unspecified atom stereocenters. The molecule has 0 fully saturated rings. The molecule has 6 heteroatoms. The average molecular weight is 423 g/mol. The van der Waals surface area contributed by atoms with Gasteiger partial charge in [0.15, 0.2) is 0 Å². The SMILES string of the molecule is Fc1cccc(Nc2ncc(I)c(OCC3=CCCC=C3)n2)c1. The Labute approximate surface area is 147 Å². The topological polar surface area (TPSA) is 47.0 Å². The zero-order chi connectivity index (χ0) is 16.1. The number of benzene rings is 1. The van der Waals surface area contributed by atoms with Crippen LogP contribution < -0.4 is 10.1 Å². The number of hydrogen-bond acceptors (Lipinski definition) is 4. The summed E-state index contributed by atoms with van der Waals surface area (Å²) in [5.41, 5.74) is 1.74. The van der Waals surface area contributed by atoms with Gasteiger partial charge >= 0.3 is 0 Å². The van der Waals surface area contributed by atoms with Gasteiger partial charge in [-0.2, -0.15) is 4.98 Å². The summed E-state index contributed by atoms with van der Waals surface area (Å²) in [6, 6.07) is 6.16. The van der Waals surface area contributed by atoms with Crippen LogP contribution in [0.2, 0.25) is 0 Å². The third-order valence-corrected chi connectivity index (χ3v) is 3.98. The monoisotopic (exact) mass is 423 g/mol. The van der Waals surface area contributed by atoms with Gasteiger partial charge in [-0.25, -0.2) is 9.37 Å². The number of allylic oxidation sites excluding steroid dienone is 2. The summed E-state index contributed by atoms with van der Waals surface area (Å²) >= 11 is 2.13. The molecule has 1 aliphatic rings. The highest BCUT2D eigenvalue weighted by Gasteiger charge is 2.08. The molecule has 118 valence electrons. The molecule has 2 aromatic rings. The van der Waals surface area contributed by atoms with Crippen LogP contribution in [-0.2, 0) is 0 Å². The minimum atomic E-state index is -0.312. The van der Waals surface area contributed by atoms with Gasteiger partial charge in [-0.05, 0) is 59.2 Å². The standard InChI is InChI=1S/C17H15FIN3O/c18-13-7-4-8-14(9-13)21-17-20-10-15(19)16(22-17)23-11-12-5-2-1-3-6-12/h2,4-10H,1,3,11H2,(H,20,21,22). The van der Waals surface area contributed by atoms with Crippen LogP contribution >= 0.6 is 22.6 Å². The van der Waals surface area contributed by atoms with Gasteiger partial charge in [0.05, 0.1) is 3.57 Å². The molecule has 23 heavy (non-hydrogen) atoms. The lowest BCUT2D eigenvalue weighted by atomic mass is 10.1. The Morgan fingerprint density at radius 2 is 2.22 bits per heavy atom. The highest BCUT2D eigenvalue weighted by atomic mass is 127. The van der Waals surface area contributed by atoms with Crippen molar-refractivity contribution in [1.82, 2.24) is 9.97 Å². The summed E-state index contributed by atoms with van der Waals surface area (Å²) in [6.45, 7) is 0.475. The maximum atomic E-state index is 13.2. The van der Waals surface area contributed by atoms with Crippen LogP contribution in [0.1, 0.15) is 12.8 Å². The number of anilines is 2. The van der Waals surface area contributed by atoms with E-state index in [0.717, 1.165) is 22.0 Å². The first-order valence-corrected chi connectivity index (χ1v) is 8.32. The number of nitrogens with zero attached hydrogens (tertiary/aromatic N) is 2. The summed E-state index contributed by atoms with van der Waals surface area (Å²) in [6.07, 6.45) is 10.2. The van der Waals surface area contributed by atoms with Gasteiger partial charge in [-0.3, -0.25) is 0 Å². The molecule has 0 radical (unpaired) electrons. The Kier molecular flexibility index (Phi) is 5.22. The van der Waals surface area contributed by atoms with Crippen molar-refractivity contribution in [3.63, 3.8) is 0 Å². The maximum Gasteiger partial charge on any atom is 0.232 e. The molecule has 1 heterocycles. The molecule has 0 aliphatic heterocycles. The van der Waals surface area contributed by atoms with Crippen molar-refractivity contribution in [3.8, 4) is 5.88 Å².